The predicted molar refractivity (Wildman–Crippen MR) is 84.9 cm³/mol. The van der Waals surface area contributed by atoms with Crippen molar-refractivity contribution in [3.63, 3.8) is 0 Å². The first-order chi connectivity index (χ1) is 11.2. The van der Waals surface area contributed by atoms with Crippen molar-refractivity contribution < 1.29 is 19.1 Å². The molecule has 0 radical (unpaired) electrons. The Morgan fingerprint density at radius 2 is 2.39 bits per heavy atom. The number of carbonyl (C=O) groups excluding carboxylic acids is 1. The molecule has 1 aromatic rings. The molecule has 126 valence electrons. The number of hydrogen-bond donors (Lipinski definition) is 2. The SMILES string of the molecule is O=C(NC1CC=CCC1)N1CCOCC1CC(O)c1ccco1. The van der Waals surface area contributed by atoms with Crippen molar-refractivity contribution in [2.75, 3.05) is 19.8 Å². The third-order valence-corrected chi connectivity index (χ3v) is 4.45. The number of nitrogens with one attached hydrogen (secondary N) is 1. The molecule has 23 heavy (non-hydrogen) atoms. The lowest BCUT2D eigenvalue weighted by molar-refractivity contribution is -0.0102. The third kappa shape index (κ3) is 4.14. The minimum atomic E-state index is -0.732. The van der Waals surface area contributed by atoms with E-state index < -0.39 is 6.10 Å². The van der Waals surface area contributed by atoms with Gasteiger partial charge in [0.1, 0.15) is 11.9 Å². The van der Waals surface area contributed by atoms with E-state index in [1.165, 1.54) is 6.26 Å². The van der Waals surface area contributed by atoms with Gasteiger partial charge in [0.2, 0.25) is 0 Å². The summed E-state index contributed by atoms with van der Waals surface area (Å²) in [6.45, 7) is 1.52. The molecule has 3 unspecified atom stereocenters. The molecule has 2 amide bonds. The molecule has 0 spiro atoms. The number of hydrogen-bond acceptors (Lipinski definition) is 4. The van der Waals surface area contributed by atoms with E-state index in [1.807, 2.05) is 0 Å². The molecule has 3 atom stereocenters. The zero-order chi connectivity index (χ0) is 16.1. The average Bonchev–Trinajstić information content (AvgIpc) is 3.11. The first kappa shape index (κ1) is 16.1. The van der Waals surface area contributed by atoms with Gasteiger partial charge in [-0.1, -0.05) is 12.2 Å². The zero-order valence-corrected chi connectivity index (χ0v) is 13.2. The third-order valence-electron chi connectivity index (χ3n) is 4.45. The molecule has 1 fully saturated rings. The van der Waals surface area contributed by atoms with Crippen LogP contribution in [0.25, 0.3) is 0 Å². The molecule has 0 bridgehead atoms. The van der Waals surface area contributed by atoms with Crippen LogP contribution in [0.2, 0.25) is 0 Å². The maximum Gasteiger partial charge on any atom is 0.318 e. The highest BCUT2D eigenvalue weighted by Gasteiger charge is 2.31. The van der Waals surface area contributed by atoms with Gasteiger partial charge in [0, 0.05) is 19.0 Å². The van der Waals surface area contributed by atoms with Gasteiger partial charge in [0.05, 0.1) is 25.5 Å². The number of aliphatic hydroxyl groups excluding tert-OH is 1. The van der Waals surface area contributed by atoms with Crippen LogP contribution in [0.5, 0.6) is 0 Å². The highest BCUT2D eigenvalue weighted by Crippen LogP contribution is 2.23. The lowest BCUT2D eigenvalue weighted by Gasteiger charge is -2.37. The molecule has 1 aromatic heterocycles. The molecule has 1 aliphatic heterocycles. The number of aliphatic hydroxyl groups is 1. The maximum absolute atomic E-state index is 12.6. The van der Waals surface area contributed by atoms with Crippen molar-refractivity contribution in [2.45, 2.75) is 43.9 Å². The molecule has 1 aliphatic carbocycles. The van der Waals surface area contributed by atoms with Gasteiger partial charge in [-0.05, 0) is 31.4 Å². The van der Waals surface area contributed by atoms with Crippen molar-refractivity contribution in [1.29, 1.82) is 0 Å². The van der Waals surface area contributed by atoms with Crippen LogP contribution in [0.4, 0.5) is 4.79 Å². The topological polar surface area (TPSA) is 74.9 Å². The summed E-state index contributed by atoms with van der Waals surface area (Å²) in [5, 5.41) is 13.4. The summed E-state index contributed by atoms with van der Waals surface area (Å²) in [6, 6.07) is 3.48. The summed E-state index contributed by atoms with van der Waals surface area (Å²) < 4.78 is 10.7. The Morgan fingerprint density at radius 1 is 1.48 bits per heavy atom. The second kappa shape index (κ2) is 7.66. The summed E-state index contributed by atoms with van der Waals surface area (Å²) >= 11 is 0. The summed E-state index contributed by atoms with van der Waals surface area (Å²) in [5.41, 5.74) is 0. The molecule has 0 aromatic carbocycles. The minimum absolute atomic E-state index is 0.0646. The van der Waals surface area contributed by atoms with Gasteiger partial charge in [-0.15, -0.1) is 0 Å². The first-order valence-electron chi connectivity index (χ1n) is 8.25. The van der Waals surface area contributed by atoms with Crippen LogP contribution in [0.1, 0.15) is 37.5 Å². The molecule has 0 saturated carbocycles. The van der Waals surface area contributed by atoms with E-state index >= 15 is 0 Å². The van der Waals surface area contributed by atoms with Gasteiger partial charge < -0.3 is 24.5 Å². The largest absolute Gasteiger partial charge is 0.467 e. The van der Waals surface area contributed by atoms with Gasteiger partial charge in [-0.3, -0.25) is 0 Å². The van der Waals surface area contributed by atoms with Gasteiger partial charge in [0.15, 0.2) is 0 Å². The number of ether oxygens (including phenoxy) is 1. The van der Waals surface area contributed by atoms with Crippen molar-refractivity contribution >= 4 is 6.03 Å². The van der Waals surface area contributed by atoms with Crippen molar-refractivity contribution in [1.82, 2.24) is 10.2 Å². The summed E-state index contributed by atoms with van der Waals surface area (Å²) in [7, 11) is 0. The van der Waals surface area contributed by atoms with E-state index in [9.17, 15) is 9.90 Å². The van der Waals surface area contributed by atoms with Crippen LogP contribution in [-0.4, -0.2) is 47.9 Å². The van der Waals surface area contributed by atoms with Gasteiger partial charge in [-0.2, -0.15) is 0 Å². The monoisotopic (exact) mass is 320 g/mol. The minimum Gasteiger partial charge on any atom is -0.467 e. The number of furan rings is 1. The van der Waals surface area contributed by atoms with Crippen LogP contribution < -0.4 is 5.32 Å². The molecule has 6 heteroatoms. The summed E-state index contributed by atoms with van der Waals surface area (Å²) in [5.74, 6) is 0.522. The lowest BCUT2D eigenvalue weighted by atomic mass is 10.0. The van der Waals surface area contributed by atoms with E-state index in [1.54, 1.807) is 17.0 Å². The summed E-state index contributed by atoms with van der Waals surface area (Å²) in [6.07, 6.45) is 8.36. The number of urea groups is 1. The van der Waals surface area contributed by atoms with Crippen molar-refractivity contribution in [2.24, 2.45) is 0 Å². The normalized spacial score (nSPS) is 26.0. The lowest BCUT2D eigenvalue weighted by Crippen LogP contribution is -2.54. The number of allylic oxidation sites excluding steroid dienone is 1. The van der Waals surface area contributed by atoms with Crippen molar-refractivity contribution in [3.8, 4) is 0 Å². The van der Waals surface area contributed by atoms with E-state index in [0.717, 1.165) is 19.3 Å². The van der Waals surface area contributed by atoms with E-state index in [0.29, 0.717) is 31.9 Å². The van der Waals surface area contributed by atoms with E-state index in [-0.39, 0.29) is 18.1 Å². The van der Waals surface area contributed by atoms with E-state index in [2.05, 4.69) is 17.5 Å². The fourth-order valence-corrected chi connectivity index (χ4v) is 3.15. The predicted octanol–water partition coefficient (Wildman–Crippen LogP) is 2.22. The fraction of sp³-hybridized carbons (Fsp3) is 0.588. The maximum atomic E-state index is 12.6. The highest BCUT2D eigenvalue weighted by molar-refractivity contribution is 5.75. The smallest absolute Gasteiger partial charge is 0.318 e. The van der Waals surface area contributed by atoms with Crippen molar-refractivity contribution in [3.05, 3.63) is 36.3 Å². The highest BCUT2D eigenvalue weighted by atomic mass is 16.5. The van der Waals surface area contributed by atoms with Crippen LogP contribution >= 0.6 is 0 Å². The molecule has 2 heterocycles. The Hall–Kier alpha value is -1.79. The standard InChI is InChI=1S/C17H24N2O4/c20-15(16-7-4-9-23-16)11-14-12-22-10-8-19(14)17(21)18-13-5-2-1-3-6-13/h1-2,4,7,9,13-15,20H,3,5-6,8,10-12H2,(H,18,21). The fourth-order valence-electron chi connectivity index (χ4n) is 3.15. The quantitative estimate of drug-likeness (QED) is 0.834. The van der Waals surface area contributed by atoms with Crippen LogP contribution in [0.15, 0.2) is 35.0 Å². The Morgan fingerprint density at radius 3 is 3.13 bits per heavy atom. The average molecular weight is 320 g/mol. The first-order valence-corrected chi connectivity index (χ1v) is 8.25. The summed E-state index contributed by atoms with van der Waals surface area (Å²) in [4.78, 5) is 14.4. The molecule has 2 aliphatic rings. The van der Waals surface area contributed by atoms with Gasteiger partial charge in [0.25, 0.3) is 0 Å². The molecular formula is C17H24N2O4. The van der Waals surface area contributed by atoms with Crippen LogP contribution in [0.3, 0.4) is 0 Å². The van der Waals surface area contributed by atoms with Gasteiger partial charge in [-0.25, -0.2) is 4.79 Å². The molecule has 6 nitrogen and oxygen atoms in total. The Bertz CT molecular complexity index is 529. The molecule has 2 N–H and O–H groups in total. The number of morpholine rings is 1. The zero-order valence-electron chi connectivity index (χ0n) is 13.2. The number of carbonyl (C=O) groups is 1. The second-order valence-electron chi connectivity index (χ2n) is 6.12. The molecule has 1 saturated heterocycles. The van der Waals surface area contributed by atoms with Crippen LogP contribution in [0, 0.1) is 0 Å². The van der Waals surface area contributed by atoms with Gasteiger partial charge >= 0.3 is 6.03 Å². The van der Waals surface area contributed by atoms with E-state index in [4.69, 9.17) is 9.15 Å². The number of nitrogens with zero attached hydrogens (tertiary/aromatic N) is 1. The Labute approximate surface area is 136 Å². The number of amides is 2. The second-order valence-corrected chi connectivity index (χ2v) is 6.12. The molecular weight excluding hydrogens is 296 g/mol. The number of rotatable bonds is 4. The Balaban J connectivity index is 1.59. The molecule has 3 rings (SSSR count). The van der Waals surface area contributed by atoms with Crippen LogP contribution in [-0.2, 0) is 4.74 Å². The Kier molecular flexibility index (Phi) is 5.35.